The van der Waals surface area contributed by atoms with Gasteiger partial charge in [0.15, 0.2) is 0 Å². The molecule has 0 spiro atoms. The van der Waals surface area contributed by atoms with Crippen molar-refractivity contribution in [3.63, 3.8) is 0 Å². The molecule has 0 aliphatic rings. The second-order valence-electron chi connectivity index (χ2n) is 4.08. The first-order valence-electron chi connectivity index (χ1n) is 5.82. The number of carbonyl (C=O) groups excluding carboxylic acids is 1. The van der Waals surface area contributed by atoms with Crippen LogP contribution in [0.3, 0.4) is 0 Å². The Morgan fingerprint density at radius 1 is 1.33 bits per heavy atom. The maximum absolute atomic E-state index is 12.4. The van der Waals surface area contributed by atoms with E-state index in [0.29, 0.717) is 6.42 Å². The van der Waals surface area contributed by atoms with Crippen LogP contribution in [0, 0.1) is 5.92 Å². The van der Waals surface area contributed by atoms with Crippen LogP contribution in [0.2, 0.25) is 0 Å². The molecule has 106 valence electrons. The van der Waals surface area contributed by atoms with Gasteiger partial charge >= 0.3 is 12.1 Å². The highest BCUT2D eigenvalue weighted by Crippen LogP contribution is 2.31. The number of carboxylic acid groups (broad SMARTS) is 1. The SMILES string of the molecule is CCCCC(=O)NCCC(CC(=O)O)C(F)(F)F. The van der Waals surface area contributed by atoms with Gasteiger partial charge in [-0.05, 0) is 12.8 Å². The zero-order valence-corrected chi connectivity index (χ0v) is 10.2. The summed E-state index contributed by atoms with van der Waals surface area (Å²) in [6, 6.07) is 0. The standard InChI is InChI=1S/C11H18F3NO3/c1-2-3-4-9(16)15-6-5-8(7-10(17)18)11(12,13)14/h8H,2-7H2,1H3,(H,15,16)(H,17,18). The third-order valence-corrected chi connectivity index (χ3v) is 2.46. The fourth-order valence-electron chi connectivity index (χ4n) is 1.40. The van der Waals surface area contributed by atoms with E-state index >= 15 is 0 Å². The lowest BCUT2D eigenvalue weighted by atomic mass is 10.0. The number of hydrogen-bond acceptors (Lipinski definition) is 2. The summed E-state index contributed by atoms with van der Waals surface area (Å²) in [4.78, 5) is 21.5. The summed E-state index contributed by atoms with van der Waals surface area (Å²) in [5.74, 6) is -3.70. The van der Waals surface area contributed by atoms with E-state index in [-0.39, 0.29) is 18.9 Å². The number of carboxylic acids is 1. The molecule has 0 aliphatic carbocycles. The van der Waals surface area contributed by atoms with Crippen LogP contribution in [0.15, 0.2) is 0 Å². The third-order valence-electron chi connectivity index (χ3n) is 2.46. The predicted octanol–water partition coefficient (Wildman–Crippen LogP) is 2.34. The van der Waals surface area contributed by atoms with Gasteiger partial charge in [0.1, 0.15) is 0 Å². The number of hydrogen-bond donors (Lipinski definition) is 2. The fraction of sp³-hybridized carbons (Fsp3) is 0.818. The molecule has 0 fully saturated rings. The van der Waals surface area contributed by atoms with E-state index in [0.717, 1.165) is 6.42 Å². The Morgan fingerprint density at radius 3 is 2.39 bits per heavy atom. The van der Waals surface area contributed by atoms with Gasteiger partial charge in [0.2, 0.25) is 5.91 Å². The normalized spacial score (nSPS) is 13.1. The van der Waals surface area contributed by atoms with Crippen LogP contribution in [0.4, 0.5) is 13.2 Å². The molecule has 1 atom stereocenters. The summed E-state index contributed by atoms with van der Waals surface area (Å²) in [6.45, 7) is 1.75. The Bertz CT molecular complexity index is 279. The molecule has 1 unspecified atom stereocenters. The summed E-state index contributed by atoms with van der Waals surface area (Å²) in [6.07, 6.45) is -4.12. The second kappa shape index (κ2) is 7.94. The molecule has 7 heteroatoms. The van der Waals surface area contributed by atoms with E-state index in [1.807, 2.05) is 6.92 Å². The number of aliphatic carboxylic acids is 1. The van der Waals surface area contributed by atoms with Gasteiger partial charge in [0.05, 0.1) is 12.3 Å². The number of nitrogens with one attached hydrogen (secondary N) is 1. The molecular weight excluding hydrogens is 251 g/mol. The van der Waals surface area contributed by atoms with Crippen LogP contribution in [0.1, 0.15) is 39.0 Å². The number of alkyl halides is 3. The lowest BCUT2D eigenvalue weighted by Gasteiger charge is -2.18. The minimum Gasteiger partial charge on any atom is -0.481 e. The quantitative estimate of drug-likeness (QED) is 0.710. The molecule has 0 aromatic rings. The van der Waals surface area contributed by atoms with Crippen molar-refractivity contribution in [1.82, 2.24) is 5.32 Å². The summed E-state index contributed by atoms with van der Waals surface area (Å²) in [5, 5.41) is 10.7. The number of rotatable bonds is 8. The van der Waals surface area contributed by atoms with E-state index < -0.39 is 30.9 Å². The lowest BCUT2D eigenvalue weighted by Crippen LogP contribution is -2.31. The molecule has 0 aliphatic heterocycles. The van der Waals surface area contributed by atoms with Gasteiger partial charge in [-0.3, -0.25) is 9.59 Å². The molecule has 18 heavy (non-hydrogen) atoms. The van der Waals surface area contributed by atoms with Gasteiger partial charge in [-0.1, -0.05) is 13.3 Å². The summed E-state index contributed by atoms with van der Waals surface area (Å²) < 4.78 is 37.3. The first kappa shape index (κ1) is 16.7. The molecule has 0 aromatic carbocycles. The molecule has 0 aromatic heterocycles. The number of carbonyl (C=O) groups is 2. The number of unbranched alkanes of at least 4 members (excludes halogenated alkanes) is 1. The Hall–Kier alpha value is -1.27. The largest absolute Gasteiger partial charge is 0.481 e. The molecular formula is C11H18F3NO3. The zero-order chi connectivity index (χ0) is 14.2. The molecule has 0 saturated heterocycles. The van der Waals surface area contributed by atoms with Crippen molar-refractivity contribution in [2.24, 2.45) is 5.92 Å². The maximum Gasteiger partial charge on any atom is 0.392 e. The van der Waals surface area contributed by atoms with Crippen molar-refractivity contribution in [2.75, 3.05) is 6.54 Å². The van der Waals surface area contributed by atoms with Gasteiger partial charge in [0.25, 0.3) is 0 Å². The summed E-state index contributed by atoms with van der Waals surface area (Å²) in [7, 11) is 0. The predicted molar refractivity (Wildman–Crippen MR) is 58.9 cm³/mol. The van der Waals surface area contributed by atoms with E-state index in [9.17, 15) is 22.8 Å². The summed E-state index contributed by atoms with van der Waals surface area (Å²) >= 11 is 0. The molecule has 0 bridgehead atoms. The highest BCUT2D eigenvalue weighted by atomic mass is 19.4. The van der Waals surface area contributed by atoms with Crippen molar-refractivity contribution in [2.45, 2.75) is 45.2 Å². The summed E-state index contributed by atoms with van der Waals surface area (Å²) in [5.41, 5.74) is 0. The van der Waals surface area contributed by atoms with Crippen LogP contribution in [-0.2, 0) is 9.59 Å². The van der Waals surface area contributed by atoms with Gasteiger partial charge in [-0.15, -0.1) is 0 Å². The van der Waals surface area contributed by atoms with Gasteiger partial charge in [-0.2, -0.15) is 13.2 Å². The molecule has 1 amide bonds. The topological polar surface area (TPSA) is 66.4 Å². The maximum atomic E-state index is 12.4. The van der Waals surface area contributed by atoms with Crippen LogP contribution in [-0.4, -0.2) is 29.7 Å². The smallest absolute Gasteiger partial charge is 0.392 e. The van der Waals surface area contributed by atoms with E-state index in [4.69, 9.17) is 5.11 Å². The lowest BCUT2D eigenvalue weighted by molar-refractivity contribution is -0.184. The number of amides is 1. The zero-order valence-electron chi connectivity index (χ0n) is 10.2. The van der Waals surface area contributed by atoms with E-state index in [1.54, 1.807) is 0 Å². The monoisotopic (exact) mass is 269 g/mol. The molecule has 0 saturated carbocycles. The average molecular weight is 269 g/mol. The molecule has 4 nitrogen and oxygen atoms in total. The van der Waals surface area contributed by atoms with Crippen LogP contribution >= 0.6 is 0 Å². The van der Waals surface area contributed by atoms with Gasteiger partial charge in [-0.25, -0.2) is 0 Å². The van der Waals surface area contributed by atoms with Crippen molar-refractivity contribution in [3.05, 3.63) is 0 Å². The van der Waals surface area contributed by atoms with E-state index in [2.05, 4.69) is 5.32 Å². The third kappa shape index (κ3) is 7.92. The first-order valence-corrected chi connectivity index (χ1v) is 5.82. The molecule has 0 radical (unpaired) electrons. The van der Waals surface area contributed by atoms with E-state index in [1.165, 1.54) is 0 Å². The number of halogens is 3. The Balaban J connectivity index is 4.04. The Labute approximate surface area is 104 Å². The molecule has 2 N–H and O–H groups in total. The molecule has 0 rings (SSSR count). The molecule has 0 heterocycles. The fourth-order valence-corrected chi connectivity index (χ4v) is 1.40. The van der Waals surface area contributed by atoms with Crippen LogP contribution < -0.4 is 5.32 Å². The van der Waals surface area contributed by atoms with Gasteiger partial charge in [0, 0.05) is 13.0 Å². The van der Waals surface area contributed by atoms with Crippen molar-refractivity contribution < 1.29 is 27.9 Å². The second-order valence-corrected chi connectivity index (χ2v) is 4.08. The van der Waals surface area contributed by atoms with Crippen LogP contribution in [0.5, 0.6) is 0 Å². The minimum atomic E-state index is -4.55. The first-order chi connectivity index (χ1) is 8.27. The van der Waals surface area contributed by atoms with Gasteiger partial charge < -0.3 is 10.4 Å². The average Bonchev–Trinajstić information content (AvgIpc) is 2.23. The van der Waals surface area contributed by atoms with Crippen molar-refractivity contribution >= 4 is 11.9 Å². The van der Waals surface area contributed by atoms with Crippen LogP contribution in [0.25, 0.3) is 0 Å². The highest BCUT2D eigenvalue weighted by Gasteiger charge is 2.40. The Morgan fingerprint density at radius 2 is 1.94 bits per heavy atom. The minimum absolute atomic E-state index is 0.153. The van der Waals surface area contributed by atoms with Crippen molar-refractivity contribution in [3.8, 4) is 0 Å². The van der Waals surface area contributed by atoms with Crippen molar-refractivity contribution in [1.29, 1.82) is 0 Å². The Kier molecular flexibility index (Phi) is 7.38. The highest BCUT2D eigenvalue weighted by molar-refractivity contribution is 5.75.